The van der Waals surface area contributed by atoms with Crippen molar-refractivity contribution in [3.05, 3.63) is 101 Å². The number of carbonyl (C=O) groups excluding carboxylic acids is 1. The predicted molar refractivity (Wildman–Crippen MR) is 123 cm³/mol. The highest BCUT2D eigenvalue weighted by atomic mass is 16.6. The van der Waals surface area contributed by atoms with E-state index in [1.807, 2.05) is 60.7 Å². The maximum atomic E-state index is 12.4. The van der Waals surface area contributed by atoms with Gasteiger partial charge in [0.1, 0.15) is 0 Å². The lowest BCUT2D eigenvalue weighted by Crippen LogP contribution is -2.30. The SMILES string of the molecule is O=C(NNc1nc(Nc2ccccc2)nc(Nc2ccccc2)n1)c1ccc([N+](=O)[O-])cc1. The first-order valence-electron chi connectivity index (χ1n) is 9.78. The first-order valence-corrected chi connectivity index (χ1v) is 9.78. The molecule has 3 aromatic carbocycles. The summed E-state index contributed by atoms with van der Waals surface area (Å²) >= 11 is 0. The molecule has 0 unspecified atom stereocenters. The fourth-order valence-electron chi connectivity index (χ4n) is 2.76. The number of hydrazine groups is 1. The number of carbonyl (C=O) groups is 1. The van der Waals surface area contributed by atoms with Crippen molar-refractivity contribution in [1.29, 1.82) is 0 Å². The van der Waals surface area contributed by atoms with E-state index in [-0.39, 0.29) is 29.1 Å². The molecular formula is C22H18N8O3. The standard InChI is InChI=1S/C22H18N8O3/c31-19(15-11-13-18(14-12-15)30(32)33)28-29-22-26-20(23-16-7-3-1-4-8-16)25-21(27-22)24-17-9-5-2-6-10-17/h1-14H,(H,28,31)(H3,23,24,25,26,27,29). The Hall–Kier alpha value is -5.06. The average Bonchev–Trinajstić information content (AvgIpc) is 2.84. The lowest BCUT2D eigenvalue weighted by Gasteiger charge is -2.12. The third-order valence-electron chi connectivity index (χ3n) is 4.32. The van der Waals surface area contributed by atoms with Crippen LogP contribution in [0.1, 0.15) is 10.4 Å². The van der Waals surface area contributed by atoms with Gasteiger partial charge in [-0.3, -0.25) is 25.8 Å². The molecule has 0 fully saturated rings. The number of anilines is 5. The van der Waals surface area contributed by atoms with Crippen LogP contribution in [0.2, 0.25) is 0 Å². The van der Waals surface area contributed by atoms with E-state index in [0.29, 0.717) is 0 Å². The summed E-state index contributed by atoms with van der Waals surface area (Å²) in [7, 11) is 0. The number of rotatable bonds is 8. The van der Waals surface area contributed by atoms with Gasteiger partial charge in [0.15, 0.2) is 0 Å². The summed E-state index contributed by atoms with van der Waals surface area (Å²) in [5.74, 6) is 0.0704. The summed E-state index contributed by atoms with van der Waals surface area (Å²) < 4.78 is 0. The third-order valence-corrected chi connectivity index (χ3v) is 4.32. The number of nitrogens with one attached hydrogen (secondary N) is 4. The van der Waals surface area contributed by atoms with Gasteiger partial charge < -0.3 is 10.6 Å². The number of para-hydroxylation sites is 2. The Morgan fingerprint density at radius 1 is 0.697 bits per heavy atom. The molecular weight excluding hydrogens is 424 g/mol. The predicted octanol–water partition coefficient (Wildman–Crippen LogP) is 4.02. The van der Waals surface area contributed by atoms with Crippen LogP contribution in [0.5, 0.6) is 0 Å². The van der Waals surface area contributed by atoms with Gasteiger partial charge in [-0.1, -0.05) is 36.4 Å². The Bertz CT molecular complexity index is 1190. The number of hydrogen-bond acceptors (Lipinski definition) is 9. The Labute approximate surface area is 188 Å². The molecule has 0 saturated heterocycles. The Balaban J connectivity index is 1.52. The van der Waals surface area contributed by atoms with Gasteiger partial charge in [0, 0.05) is 29.1 Å². The number of benzene rings is 3. The van der Waals surface area contributed by atoms with Gasteiger partial charge in [0.25, 0.3) is 11.6 Å². The van der Waals surface area contributed by atoms with Crippen LogP contribution in [0, 0.1) is 10.1 Å². The minimum absolute atomic E-state index is 0.0807. The van der Waals surface area contributed by atoms with E-state index in [1.165, 1.54) is 24.3 Å². The lowest BCUT2D eigenvalue weighted by molar-refractivity contribution is -0.384. The Morgan fingerprint density at radius 3 is 1.67 bits per heavy atom. The maximum Gasteiger partial charge on any atom is 0.269 e. The van der Waals surface area contributed by atoms with Gasteiger partial charge in [-0.15, -0.1) is 0 Å². The zero-order valence-corrected chi connectivity index (χ0v) is 17.1. The van der Waals surface area contributed by atoms with Crippen LogP contribution in [-0.4, -0.2) is 25.8 Å². The number of hydrogen-bond donors (Lipinski definition) is 4. The van der Waals surface area contributed by atoms with Crippen molar-refractivity contribution in [3.8, 4) is 0 Å². The second kappa shape index (κ2) is 9.83. The highest BCUT2D eigenvalue weighted by Gasteiger charge is 2.12. The van der Waals surface area contributed by atoms with Gasteiger partial charge in [-0.25, -0.2) is 0 Å². The molecule has 0 aliphatic carbocycles. The molecule has 11 heteroatoms. The number of non-ortho nitro benzene ring substituents is 1. The molecule has 0 atom stereocenters. The molecule has 0 bridgehead atoms. The first-order chi connectivity index (χ1) is 16.1. The Morgan fingerprint density at radius 2 is 1.18 bits per heavy atom. The third kappa shape index (κ3) is 5.76. The highest BCUT2D eigenvalue weighted by molar-refractivity contribution is 5.94. The van der Waals surface area contributed by atoms with Gasteiger partial charge in [-0.2, -0.15) is 15.0 Å². The van der Waals surface area contributed by atoms with Crippen molar-refractivity contribution in [3.63, 3.8) is 0 Å². The van der Waals surface area contributed by atoms with Crippen molar-refractivity contribution in [1.82, 2.24) is 20.4 Å². The van der Waals surface area contributed by atoms with E-state index in [4.69, 9.17) is 0 Å². The fourth-order valence-corrected chi connectivity index (χ4v) is 2.76. The highest BCUT2D eigenvalue weighted by Crippen LogP contribution is 2.18. The zero-order valence-electron chi connectivity index (χ0n) is 17.1. The first kappa shape index (κ1) is 21.2. The molecule has 4 rings (SSSR count). The van der Waals surface area contributed by atoms with Crippen LogP contribution in [0.3, 0.4) is 0 Å². The van der Waals surface area contributed by atoms with Gasteiger partial charge in [-0.05, 0) is 36.4 Å². The second-order valence-electron chi connectivity index (χ2n) is 6.67. The normalized spacial score (nSPS) is 10.2. The van der Waals surface area contributed by atoms with Crippen LogP contribution in [-0.2, 0) is 0 Å². The summed E-state index contributed by atoms with van der Waals surface area (Å²) in [6.45, 7) is 0. The van der Waals surface area contributed by atoms with Crippen LogP contribution in [0.25, 0.3) is 0 Å². The molecule has 0 radical (unpaired) electrons. The average molecular weight is 442 g/mol. The molecule has 0 saturated carbocycles. The number of aromatic nitrogens is 3. The molecule has 4 aromatic rings. The molecule has 33 heavy (non-hydrogen) atoms. The fraction of sp³-hybridized carbons (Fsp3) is 0. The summed E-state index contributed by atoms with van der Waals surface area (Å²) in [6, 6.07) is 23.9. The Kier molecular flexibility index (Phi) is 6.31. The monoisotopic (exact) mass is 442 g/mol. The topological polar surface area (TPSA) is 147 Å². The summed E-state index contributed by atoms with van der Waals surface area (Å²) in [4.78, 5) is 35.6. The molecule has 11 nitrogen and oxygen atoms in total. The van der Waals surface area contributed by atoms with Crippen LogP contribution >= 0.6 is 0 Å². The van der Waals surface area contributed by atoms with E-state index < -0.39 is 10.8 Å². The van der Waals surface area contributed by atoms with Crippen molar-refractivity contribution >= 4 is 40.8 Å². The summed E-state index contributed by atoms with van der Waals surface area (Å²) in [6.07, 6.45) is 0. The number of nitro groups is 1. The summed E-state index contributed by atoms with van der Waals surface area (Å²) in [5, 5.41) is 17.0. The van der Waals surface area contributed by atoms with Gasteiger partial charge >= 0.3 is 0 Å². The number of nitro benzene ring substituents is 1. The minimum atomic E-state index is -0.534. The smallest absolute Gasteiger partial charge is 0.269 e. The van der Waals surface area contributed by atoms with Gasteiger partial charge in [0.05, 0.1) is 4.92 Å². The van der Waals surface area contributed by atoms with Crippen LogP contribution in [0.15, 0.2) is 84.9 Å². The van der Waals surface area contributed by atoms with E-state index in [2.05, 4.69) is 36.4 Å². The van der Waals surface area contributed by atoms with E-state index in [0.717, 1.165) is 11.4 Å². The quantitative estimate of drug-likeness (QED) is 0.234. The van der Waals surface area contributed by atoms with Crippen molar-refractivity contribution in [2.45, 2.75) is 0 Å². The van der Waals surface area contributed by atoms with Crippen molar-refractivity contribution in [2.24, 2.45) is 0 Å². The van der Waals surface area contributed by atoms with Gasteiger partial charge in [0.2, 0.25) is 17.8 Å². The molecule has 0 aliphatic rings. The molecule has 4 N–H and O–H groups in total. The van der Waals surface area contributed by atoms with Crippen LogP contribution < -0.4 is 21.5 Å². The van der Waals surface area contributed by atoms with E-state index in [9.17, 15) is 14.9 Å². The summed E-state index contributed by atoms with van der Waals surface area (Å²) in [5.41, 5.74) is 6.81. The lowest BCUT2D eigenvalue weighted by atomic mass is 10.2. The minimum Gasteiger partial charge on any atom is -0.324 e. The molecule has 1 heterocycles. The second-order valence-corrected chi connectivity index (χ2v) is 6.67. The molecule has 1 aromatic heterocycles. The zero-order chi connectivity index (χ0) is 23.0. The number of nitrogens with zero attached hydrogens (tertiary/aromatic N) is 4. The van der Waals surface area contributed by atoms with Crippen molar-refractivity contribution in [2.75, 3.05) is 16.1 Å². The molecule has 0 spiro atoms. The molecule has 1 amide bonds. The maximum absolute atomic E-state index is 12.4. The number of amides is 1. The molecule has 0 aliphatic heterocycles. The van der Waals surface area contributed by atoms with Crippen LogP contribution in [0.4, 0.5) is 34.9 Å². The largest absolute Gasteiger partial charge is 0.324 e. The molecule has 164 valence electrons. The van der Waals surface area contributed by atoms with E-state index in [1.54, 1.807) is 0 Å². The van der Waals surface area contributed by atoms with Crippen molar-refractivity contribution < 1.29 is 9.72 Å². The van der Waals surface area contributed by atoms with E-state index >= 15 is 0 Å².